The lowest BCUT2D eigenvalue weighted by atomic mass is 10.2. The van der Waals surface area contributed by atoms with Gasteiger partial charge in [0.25, 0.3) is 0 Å². The maximum absolute atomic E-state index is 10.8. The van der Waals surface area contributed by atoms with Crippen molar-refractivity contribution < 1.29 is 14.3 Å². The van der Waals surface area contributed by atoms with E-state index in [1.807, 2.05) is 0 Å². The molecule has 0 N–H and O–H groups in total. The van der Waals surface area contributed by atoms with Gasteiger partial charge in [-0.3, -0.25) is 9.59 Å². The second kappa shape index (κ2) is 3.14. The molecule has 0 atom stereocenters. The van der Waals surface area contributed by atoms with Crippen LogP contribution in [0.4, 0.5) is 0 Å². The summed E-state index contributed by atoms with van der Waals surface area (Å²) in [5.74, 6) is -0.483. The number of ether oxygens (including phenoxy) is 1. The van der Waals surface area contributed by atoms with Crippen LogP contribution in [0.3, 0.4) is 0 Å². The minimum Gasteiger partial charge on any atom is -0.434 e. The summed E-state index contributed by atoms with van der Waals surface area (Å²) in [5.41, 5.74) is 0.528. The molecule has 0 fully saturated rings. The van der Waals surface area contributed by atoms with E-state index in [4.69, 9.17) is 0 Å². The number of hydrogen-bond acceptors (Lipinski definition) is 3. The van der Waals surface area contributed by atoms with Crippen molar-refractivity contribution in [2.75, 3.05) is 0 Å². The molecule has 0 aromatic carbocycles. The highest BCUT2D eigenvalue weighted by Gasteiger charge is 2.10. The Morgan fingerprint density at radius 2 is 2.45 bits per heavy atom. The number of ketones is 1. The molecule has 0 aliphatic heterocycles. The van der Waals surface area contributed by atoms with Crippen LogP contribution in [0.15, 0.2) is 24.0 Å². The van der Waals surface area contributed by atoms with Crippen LogP contribution < -0.4 is 0 Å². The third-order valence-electron chi connectivity index (χ3n) is 1.29. The van der Waals surface area contributed by atoms with Crippen molar-refractivity contribution in [1.29, 1.82) is 0 Å². The number of rotatable bonds is 1. The summed E-state index contributed by atoms with van der Waals surface area (Å²) in [6.45, 7) is 1.30. The van der Waals surface area contributed by atoms with Crippen LogP contribution in [-0.2, 0) is 14.3 Å². The molecule has 0 saturated heterocycles. The topological polar surface area (TPSA) is 43.4 Å². The van der Waals surface area contributed by atoms with Gasteiger partial charge >= 0.3 is 5.97 Å². The van der Waals surface area contributed by atoms with E-state index in [1.165, 1.54) is 19.3 Å². The van der Waals surface area contributed by atoms with Gasteiger partial charge < -0.3 is 4.74 Å². The first-order valence-electron chi connectivity index (χ1n) is 3.27. The number of allylic oxidation sites excluding steroid dienone is 3. The summed E-state index contributed by atoms with van der Waals surface area (Å²) >= 11 is 0. The van der Waals surface area contributed by atoms with Crippen LogP contribution >= 0.6 is 0 Å². The lowest BCUT2D eigenvalue weighted by Crippen LogP contribution is -1.96. The molecular formula is C8H8O3. The van der Waals surface area contributed by atoms with Gasteiger partial charge in [-0.15, -0.1) is 0 Å². The zero-order valence-electron chi connectivity index (χ0n) is 6.16. The molecule has 0 spiro atoms. The van der Waals surface area contributed by atoms with Crippen LogP contribution in [-0.4, -0.2) is 11.8 Å². The molecule has 0 amide bonds. The predicted molar refractivity (Wildman–Crippen MR) is 38.6 cm³/mol. The lowest BCUT2D eigenvalue weighted by molar-refractivity contribution is -0.135. The fraction of sp³-hybridized carbons (Fsp3) is 0.250. The Morgan fingerprint density at radius 3 is 2.91 bits per heavy atom. The highest BCUT2D eigenvalue weighted by Crippen LogP contribution is 2.12. The van der Waals surface area contributed by atoms with Crippen molar-refractivity contribution in [2.45, 2.75) is 13.3 Å². The molecule has 58 valence electrons. The zero-order valence-corrected chi connectivity index (χ0v) is 6.16. The molecule has 3 nitrogen and oxygen atoms in total. The Bertz CT molecular complexity index is 248. The normalized spacial score (nSPS) is 19.4. The van der Waals surface area contributed by atoms with Gasteiger partial charge in [-0.1, -0.05) is 6.08 Å². The number of carbonyl (C=O) groups is 2. The van der Waals surface area contributed by atoms with E-state index in [9.17, 15) is 9.59 Å². The van der Waals surface area contributed by atoms with E-state index in [2.05, 4.69) is 4.74 Å². The van der Waals surface area contributed by atoms with Crippen LogP contribution in [0.2, 0.25) is 0 Å². The number of esters is 1. The Hall–Kier alpha value is -1.38. The average molecular weight is 152 g/mol. The smallest absolute Gasteiger partial charge is 0.307 e. The molecule has 0 heterocycles. The van der Waals surface area contributed by atoms with E-state index >= 15 is 0 Å². The first kappa shape index (κ1) is 7.72. The molecular weight excluding hydrogens is 144 g/mol. The van der Waals surface area contributed by atoms with Crippen LogP contribution in [0.25, 0.3) is 0 Å². The molecule has 0 unspecified atom stereocenters. The van der Waals surface area contributed by atoms with Crippen LogP contribution in [0, 0.1) is 0 Å². The summed E-state index contributed by atoms with van der Waals surface area (Å²) in [6.07, 6.45) is 4.98. The number of hydrogen-bond donors (Lipinski definition) is 0. The van der Waals surface area contributed by atoms with Crippen molar-refractivity contribution in [3.63, 3.8) is 0 Å². The predicted octanol–water partition coefficient (Wildman–Crippen LogP) is 0.962. The Balaban J connectivity index is 2.55. The Kier molecular flexibility index (Phi) is 2.21. The first-order chi connectivity index (χ1) is 5.20. The van der Waals surface area contributed by atoms with E-state index in [0.717, 1.165) is 0 Å². The van der Waals surface area contributed by atoms with Crippen LogP contribution in [0.1, 0.15) is 13.3 Å². The monoisotopic (exact) mass is 152 g/mol. The van der Waals surface area contributed by atoms with Crippen molar-refractivity contribution in [3.05, 3.63) is 24.0 Å². The van der Waals surface area contributed by atoms with Gasteiger partial charge in [0.2, 0.25) is 0 Å². The van der Waals surface area contributed by atoms with Gasteiger partial charge in [0.05, 0.1) is 0 Å². The average Bonchev–Trinajstić information content (AvgIpc) is 2.31. The summed E-state index contributed by atoms with van der Waals surface area (Å²) in [6, 6.07) is 0. The fourth-order valence-corrected chi connectivity index (χ4v) is 0.761. The van der Waals surface area contributed by atoms with Gasteiger partial charge in [0.1, 0.15) is 6.26 Å². The standard InChI is InChI=1S/C8H8O3/c1-6(9)11-5-7-3-2-4-8(7)10/h2,4-5H,3H2,1H3/b7-5-. The fourth-order valence-electron chi connectivity index (χ4n) is 0.761. The molecule has 0 aromatic rings. The van der Waals surface area contributed by atoms with E-state index in [0.29, 0.717) is 12.0 Å². The third-order valence-corrected chi connectivity index (χ3v) is 1.29. The van der Waals surface area contributed by atoms with E-state index in [-0.39, 0.29) is 5.78 Å². The molecule has 1 aliphatic carbocycles. The molecule has 1 aliphatic rings. The second-order valence-electron chi connectivity index (χ2n) is 2.22. The molecule has 1 rings (SSSR count). The first-order valence-corrected chi connectivity index (χ1v) is 3.27. The largest absolute Gasteiger partial charge is 0.434 e. The second-order valence-corrected chi connectivity index (χ2v) is 2.22. The molecule has 11 heavy (non-hydrogen) atoms. The zero-order chi connectivity index (χ0) is 8.27. The van der Waals surface area contributed by atoms with Gasteiger partial charge in [-0.25, -0.2) is 0 Å². The molecule has 0 saturated carbocycles. The maximum atomic E-state index is 10.8. The molecule has 0 bridgehead atoms. The van der Waals surface area contributed by atoms with Gasteiger partial charge in [0.15, 0.2) is 5.78 Å². The summed E-state index contributed by atoms with van der Waals surface area (Å²) < 4.78 is 4.53. The minimum atomic E-state index is -0.405. The minimum absolute atomic E-state index is 0.0775. The third kappa shape index (κ3) is 2.04. The Morgan fingerprint density at radius 1 is 1.73 bits per heavy atom. The maximum Gasteiger partial charge on any atom is 0.307 e. The van der Waals surface area contributed by atoms with Gasteiger partial charge in [-0.05, 0) is 12.5 Å². The van der Waals surface area contributed by atoms with E-state index < -0.39 is 5.97 Å². The van der Waals surface area contributed by atoms with Gasteiger partial charge in [-0.2, -0.15) is 0 Å². The van der Waals surface area contributed by atoms with E-state index in [1.54, 1.807) is 6.08 Å². The van der Waals surface area contributed by atoms with Crippen LogP contribution in [0.5, 0.6) is 0 Å². The van der Waals surface area contributed by atoms with Crippen molar-refractivity contribution >= 4 is 11.8 Å². The Labute approximate surface area is 64.3 Å². The molecule has 0 radical (unpaired) electrons. The lowest BCUT2D eigenvalue weighted by Gasteiger charge is -1.93. The number of carbonyl (C=O) groups excluding carboxylic acids is 2. The quantitative estimate of drug-likeness (QED) is 0.319. The summed E-state index contributed by atoms with van der Waals surface area (Å²) in [5, 5.41) is 0. The van der Waals surface area contributed by atoms with Crippen molar-refractivity contribution in [1.82, 2.24) is 0 Å². The van der Waals surface area contributed by atoms with Crippen molar-refractivity contribution in [2.24, 2.45) is 0 Å². The van der Waals surface area contributed by atoms with Crippen molar-refractivity contribution in [3.8, 4) is 0 Å². The van der Waals surface area contributed by atoms with Gasteiger partial charge in [0, 0.05) is 12.5 Å². The SMILES string of the molecule is CC(=O)O/C=C1/CC=CC1=O. The summed E-state index contributed by atoms with van der Waals surface area (Å²) in [4.78, 5) is 21.1. The highest BCUT2D eigenvalue weighted by atomic mass is 16.5. The highest BCUT2D eigenvalue weighted by molar-refractivity contribution is 6.06. The molecule has 3 heteroatoms. The summed E-state index contributed by atoms with van der Waals surface area (Å²) in [7, 11) is 0. The molecule has 0 aromatic heterocycles.